The second-order valence-electron chi connectivity index (χ2n) is 13.3. The number of aromatic nitrogens is 3. The summed E-state index contributed by atoms with van der Waals surface area (Å²) in [5.74, 6) is -0.774. The van der Waals surface area contributed by atoms with Crippen molar-refractivity contribution in [2.75, 3.05) is 6.79 Å². The lowest BCUT2D eigenvalue weighted by molar-refractivity contribution is -0.149. The third-order valence-electron chi connectivity index (χ3n) is 8.35. The van der Waals surface area contributed by atoms with E-state index in [1.165, 1.54) is 0 Å². The number of nitrogens with one attached hydrogen (secondary N) is 3. The van der Waals surface area contributed by atoms with Crippen LogP contribution in [0.15, 0.2) is 79.0 Å². The average Bonchev–Trinajstić information content (AvgIpc) is 3.84. The summed E-state index contributed by atoms with van der Waals surface area (Å²) in [6.45, 7) is 7.52. The van der Waals surface area contributed by atoms with Gasteiger partial charge in [-0.05, 0) is 62.1 Å². The minimum Gasteiger partial charge on any atom is -0.459 e. The van der Waals surface area contributed by atoms with Crippen molar-refractivity contribution in [1.29, 1.82) is 0 Å². The smallest absolute Gasteiger partial charge is 0.357 e. The number of rotatable bonds is 13. The predicted octanol–water partition coefficient (Wildman–Crippen LogP) is 6.32. The standard InChI is InChI=1S/C39H42N4O7/c1-5-11-34-41-30(35(43-34)38(46)50-39(2,3)4)20-28(25-16-17-32-33(19-25)49-23-48-32)36(44)42-31(37(45)47-22-24-12-7-6-8-13-24)18-26-21-40-29-15-10-9-14-27(26)29/h6-10,12-17,19,21,28,31,40H,5,11,18,20,22-23H2,1-4H3,(H,41,43)(H,42,44)/t28?,31-/m0/s1. The molecular formula is C39H42N4O7. The largest absolute Gasteiger partial charge is 0.459 e. The Balaban J connectivity index is 1.34. The molecule has 1 amide bonds. The monoisotopic (exact) mass is 678 g/mol. The van der Waals surface area contributed by atoms with Crippen LogP contribution in [-0.2, 0) is 44.9 Å². The molecule has 50 heavy (non-hydrogen) atoms. The van der Waals surface area contributed by atoms with Crippen LogP contribution in [0.5, 0.6) is 11.5 Å². The molecule has 260 valence electrons. The van der Waals surface area contributed by atoms with Crippen molar-refractivity contribution in [3.05, 3.63) is 113 Å². The maximum absolute atomic E-state index is 14.5. The Hall–Kier alpha value is -5.58. The highest BCUT2D eigenvalue weighted by Crippen LogP contribution is 2.36. The van der Waals surface area contributed by atoms with Gasteiger partial charge < -0.3 is 34.2 Å². The maximum atomic E-state index is 14.5. The van der Waals surface area contributed by atoms with Crippen molar-refractivity contribution in [1.82, 2.24) is 20.3 Å². The number of esters is 2. The fourth-order valence-corrected chi connectivity index (χ4v) is 5.96. The van der Waals surface area contributed by atoms with E-state index in [1.54, 1.807) is 39.0 Å². The molecule has 0 saturated carbocycles. The molecule has 11 heteroatoms. The number of benzene rings is 3. The molecule has 1 unspecified atom stereocenters. The van der Waals surface area contributed by atoms with E-state index in [-0.39, 0.29) is 31.9 Å². The first-order valence-electron chi connectivity index (χ1n) is 16.8. The number of imidazole rings is 1. The highest BCUT2D eigenvalue weighted by molar-refractivity contribution is 5.92. The van der Waals surface area contributed by atoms with Gasteiger partial charge in [-0.25, -0.2) is 14.6 Å². The van der Waals surface area contributed by atoms with Gasteiger partial charge in [-0.15, -0.1) is 0 Å². The summed E-state index contributed by atoms with van der Waals surface area (Å²) in [6.07, 6.45) is 3.47. The fraction of sp³-hybridized carbons (Fsp3) is 0.333. The number of fused-ring (bicyclic) bond motifs is 2. The van der Waals surface area contributed by atoms with E-state index in [9.17, 15) is 14.4 Å². The molecule has 5 aromatic rings. The van der Waals surface area contributed by atoms with Crippen LogP contribution in [0.2, 0.25) is 0 Å². The van der Waals surface area contributed by atoms with Crippen LogP contribution in [0, 0.1) is 0 Å². The van der Waals surface area contributed by atoms with Gasteiger partial charge in [0, 0.05) is 36.4 Å². The van der Waals surface area contributed by atoms with E-state index < -0.39 is 35.4 Å². The van der Waals surface area contributed by atoms with Crippen molar-refractivity contribution < 1.29 is 33.3 Å². The molecule has 3 N–H and O–H groups in total. The first-order chi connectivity index (χ1) is 24.1. The summed E-state index contributed by atoms with van der Waals surface area (Å²) in [6, 6.07) is 21.4. The Labute approximate surface area is 290 Å². The lowest BCUT2D eigenvalue weighted by Crippen LogP contribution is -2.45. The van der Waals surface area contributed by atoms with Crippen LogP contribution in [0.3, 0.4) is 0 Å². The summed E-state index contributed by atoms with van der Waals surface area (Å²) in [7, 11) is 0. The zero-order valence-electron chi connectivity index (χ0n) is 28.7. The van der Waals surface area contributed by atoms with Crippen LogP contribution >= 0.6 is 0 Å². The van der Waals surface area contributed by atoms with Crippen LogP contribution in [0.25, 0.3) is 10.9 Å². The predicted molar refractivity (Wildman–Crippen MR) is 187 cm³/mol. The molecule has 3 heterocycles. The molecule has 1 aliphatic heterocycles. The first-order valence-corrected chi connectivity index (χ1v) is 16.8. The summed E-state index contributed by atoms with van der Waals surface area (Å²) < 4.78 is 22.6. The minimum absolute atomic E-state index is 0.0408. The molecule has 0 saturated heterocycles. The highest BCUT2D eigenvalue weighted by atomic mass is 16.7. The van der Waals surface area contributed by atoms with Gasteiger partial charge in [-0.3, -0.25) is 4.79 Å². The number of ether oxygens (including phenoxy) is 4. The van der Waals surface area contributed by atoms with Crippen molar-refractivity contribution >= 4 is 28.7 Å². The Morgan fingerprint density at radius 1 is 0.960 bits per heavy atom. The third kappa shape index (κ3) is 8.16. The van der Waals surface area contributed by atoms with Crippen LogP contribution in [0.4, 0.5) is 0 Å². The van der Waals surface area contributed by atoms with Gasteiger partial charge in [0.1, 0.15) is 29.8 Å². The van der Waals surface area contributed by atoms with Gasteiger partial charge in [-0.2, -0.15) is 0 Å². The van der Waals surface area contributed by atoms with Gasteiger partial charge in [0.15, 0.2) is 11.5 Å². The number of nitrogens with zero attached hydrogens (tertiary/aromatic N) is 1. The van der Waals surface area contributed by atoms with Crippen molar-refractivity contribution in [3.63, 3.8) is 0 Å². The number of hydrogen-bond acceptors (Lipinski definition) is 8. The Kier molecular flexibility index (Phi) is 10.2. The molecule has 0 bridgehead atoms. The normalized spacial score (nSPS) is 13.5. The van der Waals surface area contributed by atoms with Gasteiger partial charge in [0.25, 0.3) is 0 Å². The van der Waals surface area contributed by atoms with Crippen molar-refractivity contribution in [2.45, 2.75) is 77.5 Å². The van der Waals surface area contributed by atoms with Gasteiger partial charge in [0.2, 0.25) is 12.7 Å². The number of aryl methyl sites for hydroxylation is 1. The number of aromatic amines is 2. The molecule has 1 aliphatic rings. The van der Waals surface area contributed by atoms with Gasteiger partial charge in [0.05, 0.1) is 11.6 Å². The van der Waals surface area contributed by atoms with E-state index in [1.807, 2.05) is 67.7 Å². The molecule has 2 aromatic heterocycles. The molecule has 3 aromatic carbocycles. The van der Waals surface area contributed by atoms with E-state index in [0.717, 1.165) is 28.5 Å². The zero-order chi connectivity index (χ0) is 35.3. The maximum Gasteiger partial charge on any atom is 0.357 e. The van der Waals surface area contributed by atoms with Gasteiger partial charge in [-0.1, -0.05) is 61.5 Å². The van der Waals surface area contributed by atoms with E-state index in [4.69, 9.17) is 23.9 Å². The number of H-pyrrole nitrogens is 2. The Bertz CT molecular complexity index is 1980. The lowest BCUT2D eigenvalue weighted by Gasteiger charge is -2.23. The number of amides is 1. The summed E-state index contributed by atoms with van der Waals surface area (Å²) >= 11 is 0. The Morgan fingerprint density at radius 3 is 2.50 bits per heavy atom. The van der Waals surface area contributed by atoms with Crippen LogP contribution in [-0.4, -0.2) is 51.2 Å². The SMILES string of the molecule is CCCc1nc(CC(C(=O)N[C@@H](Cc2c[nH]c3ccccc23)C(=O)OCc2ccccc2)c2ccc3c(c2)OCO3)c(C(=O)OC(C)(C)C)[nH]1. The highest BCUT2D eigenvalue weighted by Gasteiger charge is 2.33. The van der Waals surface area contributed by atoms with E-state index >= 15 is 0 Å². The van der Waals surface area contributed by atoms with Crippen LogP contribution in [0.1, 0.15) is 78.7 Å². The molecule has 2 atom stereocenters. The second-order valence-corrected chi connectivity index (χ2v) is 13.3. The minimum atomic E-state index is -1.03. The molecular weight excluding hydrogens is 636 g/mol. The number of hydrogen-bond donors (Lipinski definition) is 3. The van der Waals surface area contributed by atoms with E-state index in [0.29, 0.717) is 35.0 Å². The van der Waals surface area contributed by atoms with Crippen molar-refractivity contribution in [3.8, 4) is 11.5 Å². The quantitative estimate of drug-likeness (QED) is 0.123. The van der Waals surface area contributed by atoms with Crippen LogP contribution < -0.4 is 14.8 Å². The Morgan fingerprint density at radius 2 is 1.72 bits per heavy atom. The molecule has 6 rings (SSSR count). The molecule has 0 radical (unpaired) electrons. The molecule has 0 aliphatic carbocycles. The molecule has 0 spiro atoms. The second kappa shape index (κ2) is 14.9. The fourth-order valence-electron chi connectivity index (χ4n) is 5.96. The molecule has 0 fully saturated rings. The summed E-state index contributed by atoms with van der Waals surface area (Å²) in [5, 5.41) is 3.95. The van der Waals surface area contributed by atoms with Crippen molar-refractivity contribution in [2.24, 2.45) is 0 Å². The molecule has 11 nitrogen and oxygen atoms in total. The number of carbonyl (C=O) groups excluding carboxylic acids is 3. The number of carbonyl (C=O) groups is 3. The van der Waals surface area contributed by atoms with E-state index in [2.05, 4.69) is 15.3 Å². The summed E-state index contributed by atoms with van der Waals surface area (Å²) in [5.41, 5.74) is 3.04. The van der Waals surface area contributed by atoms with Gasteiger partial charge >= 0.3 is 11.9 Å². The summed E-state index contributed by atoms with van der Waals surface area (Å²) in [4.78, 5) is 52.8. The zero-order valence-corrected chi connectivity index (χ0v) is 28.7. The first kappa shape index (κ1) is 34.3. The average molecular weight is 679 g/mol. The number of para-hydroxylation sites is 1. The lowest BCUT2D eigenvalue weighted by atomic mass is 9.91. The third-order valence-corrected chi connectivity index (χ3v) is 8.35. The topological polar surface area (TPSA) is 145 Å².